The molecule has 1 aromatic carbocycles. The van der Waals surface area contributed by atoms with Gasteiger partial charge in [0.15, 0.2) is 11.0 Å². The zero-order valence-corrected chi connectivity index (χ0v) is 18.2. The number of rotatable bonds is 9. The van der Waals surface area contributed by atoms with Crippen molar-refractivity contribution in [2.75, 3.05) is 26.5 Å². The monoisotopic (exact) mass is 433 g/mol. The predicted octanol–water partition coefficient (Wildman–Crippen LogP) is 2.78. The number of thioether (sulfide) groups is 1. The Kier molecular flexibility index (Phi) is 6.88. The number of benzene rings is 1. The summed E-state index contributed by atoms with van der Waals surface area (Å²) in [5.74, 6) is 2.13. The van der Waals surface area contributed by atoms with Crippen LogP contribution >= 0.6 is 11.8 Å². The molecule has 0 atom stereocenters. The summed E-state index contributed by atoms with van der Waals surface area (Å²) in [5, 5.41) is 9.42. The van der Waals surface area contributed by atoms with Crippen LogP contribution in [0.3, 0.4) is 0 Å². The lowest BCUT2D eigenvalue weighted by atomic mass is 10.2. The van der Waals surface area contributed by atoms with E-state index in [0.717, 1.165) is 23.1 Å². The molecule has 0 aliphatic heterocycles. The Morgan fingerprint density at radius 2 is 1.76 bits per heavy atom. The molecule has 154 valence electrons. The topological polar surface area (TPSA) is 90.2 Å². The Bertz CT molecular complexity index is 1040. The second-order valence-corrected chi connectivity index (χ2v) is 9.46. The summed E-state index contributed by atoms with van der Waals surface area (Å²) in [6, 6.07) is 10.2. The molecule has 0 saturated heterocycles. The van der Waals surface area contributed by atoms with Gasteiger partial charge >= 0.3 is 0 Å². The summed E-state index contributed by atoms with van der Waals surface area (Å²) >= 11 is 1.56. The van der Waals surface area contributed by atoms with Gasteiger partial charge in [0.05, 0.1) is 11.5 Å². The minimum absolute atomic E-state index is 0.240. The summed E-state index contributed by atoms with van der Waals surface area (Å²) in [6.07, 6.45) is 3.47. The molecule has 0 fully saturated rings. The van der Waals surface area contributed by atoms with Gasteiger partial charge in [-0.3, -0.25) is 4.98 Å². The lowest BCUT2D eigenvalue weighted by Gasteiger charge is -2.12. The van der Waals surface area contributed by atoms with Gasteiger partial charge in [0.25, 0.3) is 0 Å². The van der Waals surface area contributed by atoms with E-state index >= 15 is 0 Å². The molecule has 3 rings (SSSR count). The van der Waals surface area contributed by atoms with Crippen molar-refractivity contribution in [3.63, 3.8) is 0 Å². The average Bonchev–Trinajstić information content (AvgIpc) is 3.15. The Balaban J connectivity index is 1.57. The molecule has 2 aromatic heterocycles. The van der Waals surface area contributed by atoms with Gasteiger partial charge in [-0.25, -0.2) is 12.7 Å². The lowest BCUT2D eigenvalue weighted by molar-refractivity contribution is 0.343. The van der Waals surface area contributed by atoms with E-state index in [1.165, 1.54) is 18.4 Å². The fourth-order valence-corrected chi connectivity index (χ4v) is 4.33. The molecule has 0 aliphatic rings. The van der Waals surface area contributed by atoms with Crippen LogP contribution in [0.1, 0.15) is 6.92 Å². The molecule has 0 N–H and O–H groups in total. The van der Waals surface area contributed by atoms with E-state index in [2.05, 4.69) is 26.7 Å². The van der Waals surface area contributed by atoms with Crippen molar-refractivity contribution < 1.29 is 13.2 Å². The van der Waals surface area contributed by atoms with Gasteiger partial charge in [-0.15, -0.1) is 10.2 Å². The fourth-order valence-electron chi connectivity index (χ4n) is 2.61. The van der Waals surface area contributed by atoms with Gasteiger partial charge in [0.2, 0.25) is 10.0 Å². The van der Waals surface area contributed by atoms with Crippen molar-refractivity contribution in [2.45, 2.75) is 23.5 Å². The zero-order valence-electron chi connectivity index (χ0n) is 16.5. The van der Waals surface area contributed by atoms with Crippen LogP contribution in [0.15, 0.2) is 58.8 Å². The second-order valence-electron chi connectivity index (χ2n) is 6.24. The van der Waals surface area contributed by atoms with E-state index in [4.69, 9.17) is 4.74 Å². The number of hydrogen-bond donors (Lipinski definition) is 0. The van der Waals surface area contributed by atoms with Crippen LogP contribution in [-0.2, 0) is 16.6 Å². The standard InChI is InChI=1S/C19H23N5O3S2/c1-4-24-18(15-9-11-20-12-10-15)21-22-19(24)28-14-13-27-16-5-7-17(8-6-16)29(25,26)23(2)3/h5-12H,4,13-14H2,1-3H3. The molecule has 0 radical (unpaired) electrons. The second kappa shape index (κ2) is 9.38. The molecule has 0 amide bonds. The number of aromatic nitrogens is 4. The molecule has 0 bridgehead atoms. The van der Waals surface area contributed by atoms with Crippen LogP contribution in [0.25, 0.3) is 11.4 Å². The molecule has 10 heteroatoms. The highest BCUT2D eigenvalue weighted by atomic mass is 32.2. The van der Waals surface area contributed by atoms with Gasteiger partial charge in [0.1, 0.15) is 5.75 Å². The largest absolute Gasteiger partial charge is 0.493 e. The summed E-state index contributed by atoms with van der Waals surface area (Å²) in [6.45, 7) is 3.28. The van der Waals surface area contributed by atoms with Crippen LogP contribution < -0.4 is 4.74 Å². The van der Waals surface area contributed by atoms with Gasteiger partial charge in [0, 0.05) is 44.4 Å². The third-order valence-corrected chi connectivity index (χ3v) is 6.92. The summed E-state index contributed by atoms with van der Waals surface area (Å²) in [5.41, 5.74) is 0.977. The highest BCUT2D eigenvalue weighted by Gasteiger charge is 2.17. The maximum absolute atomic E-state index is 12.1. The zero-order chi connectivity index (χ0) is 20.9. The number of pyridine rings is 1. The minimum atomic E-state index is -3.43. The van der Waals surface area contributed by atoms with E-state index in [-0.39, 0.29) is 4.90 Å². The van der Waals surface area contributed by atoms with Crippen LogP contribution in [0.4, 0.5) is 0 Å². The molecular formula is C19H23N5O3S2. The summed E-state index contributed by atoms with van der Waals surface area (Å²) < 4.78 is 33.1. The molecule has 3 aromatic rings. The van der Waals surface area contributed by atoms with Gasteiger partial charge in [-0.1, -0.05) is 11.8 Å². The molecule has 0 unspecified atom stereocenters. The highest BCUT2D eigenvalue weighted by molar-refractivity contribution is 7.99. The van der Waals surface area contributed by atoms with Crippen LogP contribution in [0, 0.1) is 0 Å². The first-order chi connectivity index (χ1) is 13.9. The molecule has 29 heavy (non-hydrogen) atoms. The van der Waals surface area contributed by atoms with Gasteiger partial charge in [-0.2, -0.15) is 0 Å². The smallest absolute Gasteiger partial charge is 0.242 e. The molecule has 0 aliphatic carbocycles. The molecular weight excluding hydrogens is 410 g/mol. The van der Waals surface area contributed by atoms with E-state index in [0.29, 0.717) is 18.1 Å². The van der Waals surface area contributed by atoms with Crippen molar-refractivity contribution in [1.29, 1.82) is 0 Å². The third-order valence-electron chi connectivity index (χ3n) is 4.16. The summed E-state index contributed by atoms with van der Waals surface area (Å²) in [7, 11) is -0.419. The van der Waals surface area contributed by atoms with Crippen molar-refractivity contribution in [3.8, 4) is 17.1 Å². The SMILES string of the molecule is CCn1c(SCCOc2ccc(S(=O)(=O)N(C)C)cc2)nnc1-c1ccncc1. The first-order valence-corrected chi connectivity index (χ1v) is 11.5. The van der Waals surface area contributed by atoms with Crippen molar-refractivity contribution in [3.05, 3.63) is 48.8 Å². The van der Waals surface area contributed by atoms with Gasteiger partial charge < -0.3 is 9.30 Å². The van der Waals surface area contributed by atoms with E-state index < -0.39 is 10.0 Å². The molecule has 0 saturated carbocycles. The van der Waals surface area contributed by atoms with Crippen LogP contribution in [0.5, 0.6) is 5.75 Å². The Labute approximate surface area is 175 Å². The van der Waals surface area contributed by atoms with Gasteiger partial charge in [-0.05, 0) is 43.3 Å². The highest BCUT2D eigenvalue weighted by Crippen LogP contribution is 2.24. The normalized spacial score (nSPS) is 11.7. The number of nitrogens with zero attached hydrogens (tertiary/aromatic N) is 5. The fraction of sp³-hybridized carbons (Fsp3) is 0.316. The quantitative estimate of drug-likeness (QED) is 0.379. The minimum Gasteiger partial charge on any atom is -0.493 e. The number of sulfonamides is 1. The average molecular weight is 434 g/mol. The maximum Gasteiger partial charge on any atom is 0.242 e. The maximum atomic E-state index is 12.1. The lowest BCUT2D eigenvalue weighted by Crippen LogP contribution is -2.22. The first kappa shape index (κ1) is 21.3. The number of ether oxygens (including phenoxy) is 1. The first-order valence-electron chi connectivity index (χ1n) is 9.05. The third kappa shape index (κ3) is 4.95. The number of hydrogen-bond acceptors (Lipinski definition) is 7. The van der Waals surface area contributed by atoms with Crippen molar-refractivity contribution in [1.82, 2.24) is 24.1 Å². The van der Waals surface area contributed by atoms with Crippen LogP contribution in [-0.4, -0.2) is 58.9 Å². The Morgan fingerprint density at radius 3 is 2.38 bits per heavy atom. The van der Waals surface area contributed by atoms with Crippen LogP contribution in [0.2, 0.25) is 0 Å². The summed E-state index contributed by atoms with van der Waals surface area (Å²) in [4.78, 5) is 4.27. The van der Waals surface area contributed by atoms with E-state index in [1.54, 1.807) is 48.4 Å². The van der Waals surface area contributed by atoms with E-state index in [1.807, 2.05) is 12.1 Å². The Morgan fingerprint density at radius 1 is 1.07 bits per heavy atom. The molecule has 0 spiro atoms. The van der Waals surface area contributed by atoms with Crippen molar-refractivity contribution >= 4 is 21.8 Å². The molecule has 8 nitrogen and oxygen atoms in total. The molecule has 2 heterocycles. The Hall–Kier alpha value is -2.43. The predicted molar refractivity (Wildman–Crippen MR) is 112 cm³/mol. The van der Waals surface area contributed by atoms with Crippen molar-refractivity contribution in [2.24, 2.45) is 0 Å². The van der Waals surface area contributed by atoms with E-state index in [9.17, 15) is 8.42 Å².